The normalized spacial score (nSPS) is 14.6. The van der Waals surface area contributed by atoms with Crippen molar-refractivity contribution in [1.82, 2.24) is 5.32 Å². The molecular weight excluding hydrogens is 220 g/mol. The lowest BCUT2D eigenvalue weighted by atomic mass is 9.88. The van der Waals surface area contributed by atoms with Crippen LogP contribution in [0.5, 0.6) is 0 Å². The van der Waals surface area contributed by atoms with Crippen molar-refractivity contribution in [2.45, 2.75) is 33.1 Å². The first-order chi connectivity index (χ1) is 8.06. The molecule has 0 spiro atoms. The lowest BCUT2D eigenvalue weighted by Gasteiger charge is -2.21. The molecule has 96 valence electrons. The molecule has 0 aromatic heterocycles. The van der Waals surface area contributed by atoms with Gasteiger partial charge in [0.05, 0.1) is 0 Å². The molecule has 1 N–H and O–H groups in total. The Kier molecular flexibility index (Phi) is 5.56. The molecule has 17 heavy (non-hydrogen) atoms. The molecule has 0 saturated carbocycles. The van der Waals surface area contributed by atoms with Crippen LogP contribution in [0.15, 0.2) is 18.2 Å². The molecule has 2 atom stereocenters. The highest BCUT2D eigenvalue weighted by atomic mass is 19.1. The van der Waals surface area contributed by atoms with E-state index in [-0.39, 0.29) is 23.5 Å². The second kappa shape index (κ2) is 6.70. The fourth-order valence-electron chi connectivity index (χ4n) is 1.85. The van der Waals surface area contributed by atoms with Gasteiger partial charge in [-0.1, -0.05) is 20.8 Å². The van der Waals surface area contributed by atoms with E-state index in [0.29, 0.717) is 5.56 Å². The molecule has 0 radical (unpaired) electrons. The van der Waals surface area contributed by atoms with Gasteiger partial charge in [0.15, 0.2) is 0 Å². The Hall–Kier alpha value is -0.960. The standard InChI is InChI=1S/C14H21F2N/c1-4-7-17-9-10(2)11(3)13-8-12(15)5-6-14(13)16/h5-6,8,10-11,17H,4,7,9H2,1-3H3. The Morgan fingerprint density at radius 3 is 2.59 bits per heavy atom. The molecule has 0 aliphatic heterocycles. The maximum Gasteiger partial charge on any atom is 0.126 e. The van der Waals surface area contributed by atoms with Gasteiger partial charge in [0, 0.05) is 0 Å². The maximum absolute atomic E-state index is 13.6. The van der Waals surface area contributed by atoms with Crippen molar-refractivity contribution in [2.24, 2.45) is 5.92 Å². The molecule has 0 aliphatic carbocycles. The second-order valence-electron chi connectivity index (χ2n) is 4.64. The summed E-state index contributed by atoms with van der Waals surface area (Å²) in [6.45, 7) is 7.88. The van der Waals surface area contributed by atoms with Gasteiger partial charge in [-0.05, 0) is 55.1 Å². The zero-order chi connectivity index (χ0) is 12.8. The number of nitrogens with one attached hydrogen (secondary N) is 1. The maximum atomic E-state index is 13.6. The minimum Gasteiger partial charge on any atom is -0.316 e. The Labute approximate surface area is 102 Å². The monoisotopic (exact) mass is 241 g/mol. The van der Waals surface area contributed by atoms with Gasteiger partial charge in [-0.3, -0.25) is 0 Å². The van der Waals surface area contributed by atoms with Gasteiger partial charge >= 0.3 is 0 Å². The average molecular weight is 241 g/mol. The van der Waals surface area contributed by atoms with Gasteiger partial charge in [-0.15, -0.1) is 0 Å². The smallest absolute Gasteiger partial charge is 0.126 e. The topological polar surface area (TPSA) is 12.0 Å². The van der Waals surface area contributed by atoms with E-state index in [1.807, 2.05) is 6.92 Å². The summed E-state index contributed by atoms with van der Waals surface area (Å²) in [7, 11) is 0. The predicted octanol–water partition coefficient (Wildman–Crippen LogP) is 3.70. The lowest BCUT2D eigenvalue weighted by Crippen LogP contribution is -2.25. The number of rotatable bonds is 6. The molecule has 3 heteroatoms. The van der Waals surface area contributed by atoms with Gasteiger partial charge in [0.1, 0.15) is 11.6 Å². The zero-order valence-corrected chi connectivity index (χ0v) is 10.8. The van der Waals surface area contributed by atoms with Gasteiger partial charge < -0.3 is 5.32 Å². The highest BCUT2D eigenvalue weighted by molar-refractivity contribution is 5.22. The zero-order valence-electron chi connectivity index (χ0n) is 10.8. The van der Waals surface area contributed by atoms with Crippen molar-refractivity contribution in [2.75, 3.05) is 13.1 Å². The molecule has 0 saturated heterocycles. The third kappa shape index (κ3) is 4.08. The van der Waals surface area contributed by atoms with E-state index < -0.39 is 0 Å². The second-order valence-corrected chi connectivity index (χ2v) is 4.64. The summed E-state index contributed by atoms with van der Waals surface area (Å²) in [6, 6.07) is 3.66. The molecular formula is C14H21F2N. The Morgan fingerprint density at radius 1 is 1.24 bits per heavy atom. The summed E-state index contributed by atoms with van der Waals surface area (Å²) in [6.07, 6.45) is 1.08. The summed E-state index contributed by atoms with van der Waals surface area (Å²) in [5, 5.41) is 3.30. The SMILES string of the molecule is CCCNCC(C)C(C)c1cc(F)ccc1F. The van der Waals surface area contributed by atoms with Crippen LogP contribution in [-0.2, 0) is 0 Å². The number of halogens is 2. The molecule has 1 aromatic carbocycles. The van der Waals surface area contributed by atoms with Crippen LogP contribution in [0.2, 0.25) is 0 Å². The van der Waals surface area contributed by atoms with Gasteiger partial charge in [-0.25, -0.2) is 8.78 Å². The van der Waals surface area contributed by atoms with E-state index in [2.05, 4.69) is 19.2 Å². The molecule has 0 amide bonds. The summed E-state index contributed by atoms with van der Waals surface area (Å²) in [4.78, 5) is 0. The molecule has 2 unspecified atom stereocenters. The molecule has 1 rings (SSSR count). The number of benzene rings is 1. The van der Waals surface area contributed by atoms with E-state index in [4.69, 9.17) is 0 Å². The minimum absolute atomic E-state index is 0.00931. The quantitative estimate of drug-likeness (QED) is 0.749. The van der Waals surface area contributed by atoms with Crippen LogP contribution < -0.4 is 5.32 Å². The number of hydrogen-bond donors (Lipinski definition) is 1. The van der Waals surface area contributed by atoms with Crippen LogP contribution in [0.3, 0.4) is 0 Å². The Morgan fingerprint density at radius 2 is 1.94 bits per heavy atom. The summed E-state index contributed by atoms with van der Waals surface area (Å²) in [5.41, 5.74) is 0.468. The van der Waals surface area contributed by atoms with E-state index in [9.17, 15) is 8.78 Å². The molecule has 0 heterocycles. The third-order valence-corrected chi connectivity index (χ3v) is 3.20. The molecule has 0 fully saturated rings. The van der Waals surface area contributed by atoms with Crippen LogP contribution in [0.25, 0.3) is 0 Å². The van der Waals surface area contributed by atoms with E-state index in [1.54, 1.807) is 0 Å². The highest BCUT2D eigenvalue weighted by Gasteiger charge is 2.18. The summed E-state index contributed by atoms with van der Waals surface area (Å²) >= 11 is 0. The molecule has 0 aliphatic rings. The average Bonchev–Trinajstić information content (AvgIpc) is 2.31. The van der Waals surface area contributed by atoms with Gasteiger partial charge in [0.2, 0.25) is 0 Å². The van der Waals surface area contributed by atoms with Gasteiger partial charge in [0.25, 0.3) is 0 Å². The van der Waals surface area contributed by atoms with E-state index in [0.717, 1.165) is 25.6 Å². The fourth-order valence-corrected chi connectivity index (χ4v) is 1.85. The summed E-state index contributed by atoms with van der Waals surface area (Å²) < 4.78 is 26.7. The van der Waals surface area contributed by atoms with Crippen molar-refractivity contribution in [3.8, 4) is 0 Å². The van der Waals surface area contributed by atoms with Crippen molar-refractivity contribution < 1.29 is 8.78 Å². The van der Waals surface area contributed by atoms with E-state index in [1.165, 1.54) is 12.1 Å². The van der Waals surface area contributed by atoms with Crippen LogP contribution in [0.1, 0.15) is 38.7 Å². The van der Waals surface area contributed by atoms with Crippen molar-refractivity contribution in [1.29, 1.82) is 0 Å². The van der Waals surface area contributed by atoms with Crippen molar-refractivity contribution >= 4 is 0 Å². The minimum atomic E-state index is -0.373. The number of hydrogen-bond acceptors (Lipinski definition) is 1. The van der Waals surface area contributed by atoms with Crippen LogP contribution in [0.4, 0.5) is 8.78 Å². The van der Waals surface area contributed by atoms with Crippen molar-refractivity contribution in [3.05, 3.63) is 35.4 Å². The molecule has 1 aromatic rings. The first kappa shape index (κ1) is 14.1. The third-order valence-electron chi connectivity index (χ3n) is 3.20. The Balaban J connectivity index is 2.67. The highest BCUT2D eigenvalue weighted by Crippen LogP contribution is 2.26. The lowest BCUT2D eigenvalue weighted by molar-refractivity contribution is 0.432. The Bertz CT molecular complexity index is 352. The van der Waals surface area contributed by atoms with Crippen LogP contribution in [0, 0.1) is 17.6 Å². The molecule has 0 bridgehead atoms. The first-order valence-corrected chi connectivity index (χ1v) is 6.22. The molecule has 1 nitrogen and oxygen atoms in total. The first-order valence-electron chi connectivity index (χ1n) is 6.22. The largest absolute Gasteiger partial charge is 0.316 e. The van der Waals surface area contributed by atoms with Crippen LogP contribution in [-0.4, -0.2) is 13.1 Å². The fraction of sp³-hybridized carbons (Fsp3) is 0.571. The summed E-state index contributed by atoms with van der Waals surface area (Å²) in [5.74, 6) is -0.406. The van der Waals surface area contributed by atoms with Gasteiger partial charge in [-0.2, -0.15) is 0 Å². The predicted molar refractivity (Wildman–Crippen MR) is 67.1 cm³/mol. The van der Waals surface area contributed by atoms with Crippen LogP contribution >= 0.6 is 0 Å². The van der Waals surface area contributed by atoms with E-state index >= 15 is 0 Å². The van der Waals surface area contributed by atoms with Crippen molar-refractivity contribution in [3.63, 3.8) is 0 Å².